The molecule has 0 saturated heterocycles. The first-order chi connectivity index (χ1) is 12.4. The summed E-state index contributed by atoms with van der Waals surface area (Å²) in [5, 5.41) is 3.26. The molecule has 1 N–H and O–H groups in total. The molecule has 26 heavy (non-hydrogen) atoms. The Hall–Kier alpha value is -2.53. The van der Waals surface area contributed by atoms with Crippen molar-refractivity contribution in [2.75, 3.05) is 6.61 Å². The van der Waals surface area contributed by atoms with E-state index in [-0.39, 0.29) is 13.2 Å². The minimum absolute atomic E-state index is 0.256. The first-order valence-electron chi connectivity index (χ1n) is 8.28. The summed E-state index contributed by atoms with van der Waals surface area (Å²) in [5.41, 5.74) is 2.66. The first-order valence-corrected chi connectivity index (χ1v) is 8.66. The van der Waals surface area contributed by atoms with Gasteiger partial charge in [-0.05, 0) is 43.5 Å². The molecule has 0 spiro atoms. The van der Waals surface area contributed by atoms with Gasteiger partial charge in [-0.2, -0.15) is 0 Å². The van der Waals surface area contributed by atoms with Crippen molar-refractivity contribution in [3.63, 3.8) is 0 Å². The molecule has 2 rings (SSSR count). The molecule has 0 radical (unpaired) electrons. The second-order valence-electron chi connectivity index (χ2n) is 5.95. The first kappa shape index (κ1) is 19.8. The summed E-state index contributed by atoms with van der Waals surface area (Å²) in [6, 6.07) is 12.9. The Morgan fingerprint density at radius 1 is 1.08 bits per heavy atom. The molecule has 1 amide bonds. The van der Waals surface area contributed by atoms with Gasteiger partial charge in [-0.3, -0.25) is 4.79 Å². The molecule has 0 fully saturated rings. The summed E-state index contributed by atoms with van der Waals surface area (Å²) in [6.45, 7) is 5.32. The average molecular weight is 376 g/mol. The fourth-order valence-corrected chi connectivity index (χ4v) is 2.61. The highest BCUT2D eigenvalue weighted by atomic mass is 35.5. The van der Waals surface area contributed by atoms with Crippen molar-refractivity contribution in [3.05, 3.63) is 64.2 Å². The quantitative estimate of drug-likeness (QED) is 0.751. The zero-order valence-corrected chi connectivity index (χ0v) is 15.8. The van der Waals surface area contributed by atoms with Crippen molar-refractivity contribution in [1.29, 1.82) is 0 Å². The summed E-state index contributed by atoms with van der Waals surface area (Å²) in [4.78, 5) is 24.0. The molecule has 138 valence electrons. The maximum atomic E-state index is 12.1. The number of amides is 1. The lowest BCUT2D eigenvalue weighted by molar-refractivity contribution is -0.156. The number of nitrogens with one attached hydrogen (secondary N) is 1. The third kappa shape index (κ3) is 5.49. The van der Waals surface area contributed by atoms with Crippen LogP contribution in [0, 0.1) is 13.8 Å². The number of carbonyl (C=O) groups is 2. The predicted molar refractivity (Wildman–Crippen MR) is 100 cm³/mol. The van der Waals surface area contributed by atoms with Crippen LogP contribution in [-0.2, 0) is 20.9 Å². The number of para-hydroxylation sites is 1. The summed E-state index contributed by atoms with van der Waals surface area (Å²) < 4.78 is 10.7. The van der Waals surface area contributed by atoms with E-state index < -0.39 is 18.0 Å². The topological polar surface area (TPSA) is 64.6 Å². The number of benzene rings is 2. The van der Waals surface area contributed by atoms with Gasteiger partial charge < -0.3 is 14.8 Å². The van der Waals surface area contributed by atoms with Gasteiger partial charge in [0.2, 0.25) is 0 Å². The van der Waals surface area contributed by atoms with Crippen LogP contribution in [-0.4, -0.2) is 24.6 Å². The molecule has 5 nitrogen and oxygen atoms in total. The molecule has 2 aromatic carbocycles. The zero-order valence-electron chi connectivity index (χ0n) is 15.0. The van der Waals surface area contributed by atoms with Crippen LogP contribution >= 0.6 is 11.6 Å². The normalized spacial score (nSPS) is 11.5. The summed E-state index contributed by atoms with van der Waals surface area (Å²) in [7, 11) is 0. The highest BCUT2D eigenvalue weighted by molar-refractivity contribution is 6.31. The number of esters is 1. The van der Waals surface area contributed by atoms with Gasteiger partial charge in [0.1, 0.15) is 5.75 Å². The standard InChI is InChI=1S/C20H22ClNO4/c1-13-7-6-8-14(2)19(13)25-12-18(23)26-15(3)20(24)22-11-16-9-4-5-10-17(16)21/h4-10,15H,11-12H2,1-3H3,(H,22,24)/t15-/m1/s1. The molecule has 0 aliphatic heterocycles. The van der Waals surface area contributed by atoms with Gasteiger partial charge in [-0.1, -0.05) is 48.0 Å². The van der Waals surface area contributed by atoms with E-state index in [4.69, 9.17) is 21.1 Å². The molecule has 0 heterocycles. The third-order valence-electron chi connectivity index (χ3n) is 3.83. The molecule has 6 heteroatoms. The van der Waals surface area contributed by atoms with Crippen LogP contribution in [0.2, 0.25) is 5.02 Å². The summed E-state index contributed by atoms with van der Waals surface area (Å²) in [5.74, 6) is -0.348. The van der Waals surface area contributed by atoms with E-state index >= 15 is 0 Å². The highest BCUT2D eigenvalue weighted by Gasteiger charge is 2.18. The van der Waals surface area contributed by atoms with E-state index in [1.54, 1.807) is 6.07 Å². The molecule has 1 atom stereocenters. The monoisotopic (exact) mass is 375 g/mol. The second-order valence-corrected chi connectivity index (χ2v) is 6.36. The van der Waals surface area contributed by atoms with Crippen LogP contribution in [0.3, 0.4) is 0 Å². The molecule has 0 aliphatic carbocycles. The number of hydrogen-bond donors (Lipinski definition) is 1. The minimum atomic E-state index is -0.924. The largest absolute Gasteiger partial charge is 0.481 e. The number of halogens is 1. The number of carbonyl (C=O) groups excluding carboxylic acids is 2. The fraction of sp³-hybridized carbons (Fsp3) is 0.300. The van der Waals surface area contributed by atoms with E-state index in [1.807, 2.05) is 50.2 Å². The molecule has 0 saturated carbocycles. The van der Waals surface area contributed by atoms with E-state index in [0.29, 0.717) is 10.8 Å². The molecule has 0 aromatic heterocycles. The molecular formula is C20H22ClNO4. The van der Waals surface area contributed by atoms with E-state index in [0.717, 1.165) is 16.7 Å². The number of hydrogen-bond acceptors (Lipinski definition) is 4. The Balaban J connectivity index is 1.81. The van der Waals surface area contributed by atoms with Crippen LogP contribution < -0.4 is 10.1 Å². The Morgan fingerprint density at radius 3 is 2.38 bits per heavy atom. The Kier molecular flexibility index (Phi) is 7.04. The number of rotatable bonds is 7. The second kappa shape index (κ2) is 9.25. The van der Waals surface area contributed by atoms with Crippen LogP contribution in [0.25, 0.3) is 0 Å². The van der Waals surface area contributed by atoms with Gasteiger partial charge in [0.05, 0.1) is 0 Å². The SMILES string of the molecule is Cc1cccc(C)c1OCC(=O)O[C@H](C)C(=O)NCc1ccccc1Cl. The third-order valence-corrected chi connectivity index (χ3v) is 4.20. The number of aryl methyl sites for hydroxylation is 2. The predicted octanol–water partition coefficient (Wildman–Crippen LogP) is 3.58. The van der Waals surface area contributed by atoms with Crippen LogP contribution in [0.15, 0.2) is 42.5 Å². The van der Waals surface area contributed by atoms with Crippen molar-refractivity contribution in [1.82, 2.24) is 5.32 Å². The maximum Gasteiger partial charge on any atom is 0.344 e. The van der Waals surface area contributed by atoms with Gasteiger partial charge in [-0.25, -0.2) is 4.79 Å². The van der Waals surface area contributed by atoms with Gasteiger partial charge in [0.15, 0.2) is 12.7 Å². The highest BCUT2D eigenvalue weighted by Crippen LogP contribution is 2.22. The van der Waals surface area contributed by atoms with Crippen LogP contribution in [0.4, 0.5) is 0 Å². The Morgan fingerprint density at radius 2 is 1.73 bits per heavy atom. The van der Waals surface area contributed by atoms with Gasteiger partial charge in [0, 0.05) is 11.6 Å². The molecule has 2 aromatic rings. The lowest BCUT2D eigenvalue weighted by Crippen LogP contribution is -2.36. The van der Waals surface area contributed by atoms with E-state index in [9.17, 15) is 9.59 Å². The van der Waals surface area contributed by atoms with Crippen molar-refractivity contribution in [2.45, 2.75) is 33.4 Å². The van der Waals surface area contributed by atoms with Gasteiger partial charge >= 0.3 is 5.97 Å². The average Bonchev–Trinajstić information content (AvgIpc) is 2.60. The van der Waals surface area contributed by atoms with Gasteiger partial charge in [-0.15, -0.1) is 0 Å². The molecule has 0 unspecified atom stereocenters. The fourth-order valence-electron chi connectivity index (χ4n) is 2.41. The van der Waals surface area contributed by atoms with E-state index in [2.05, 4.69) is 5.32 Å². The zero-order chi connectivity index (χ0) is 19.1. The maximum absolute atomic E-state index is 12.1. The van der Waals surface area contributed by atoms with Crippen LogP contribution in [0.1, 0.15) is 23.6 Å². The molecule has 0 aliphatic rings. The lowest BCUT2D eigenvalue weighted by Gasteiger charge is -2.15. The minimum Gasteiger partial charge on any atom is -0.481 e. The molecular weight excluding hydrogens is 354 g/mol. The van der Waals surface area contributed by atoms with Crippen LogP contribution in [0.5, 0.6) is 5.75 Å². The van der Waals surface area contributed by atoms with Crippen molar-refractivity contribution >= 4 is 23.5 Å². The molecule has 0 bridgehead atoms. The summed E-state index contributed by atoms with van der Waals surface area (Å²) >= 11 is 6.04. The summed E-state index contributed by atoms with van der Waals surface area (Å²) in [6.07, 6.45) is -0.924. The van der Waals surface area contributed by atoms with E-state index in [1.165, 1.54) is 6.92 Å². The smallest absolute Gasteiger partial charge is 0.344 e. The Labute approximate surface area is 158 Å². The van der Waals surface area contributed by atoms with Crippen molar-refractivity contribution < 1.29 is 19.1 Å². The Bertz CT molecular complexity index is 771. The number of ether oxygens (including phenoxy) is 2. The lowest BCUT2D eigenvalue weighted by atomic mass is 10.1. The van der Waals surface area contributed by atoms with Crippen molar-refractivity contribution in [3.8, 4) is 5.75 Å². The van der Waals surface area contributed by atoms with Gasteiger partial charge in [0.25, 0.3) is 5.91 Å². The van der Waals surface area contributed by atoms with Crippen molar-refractivity contribution in [2.24, 2.45) is 0 Å².